The number of rotatable bonds is 1. The molecule has 0 atom stereocenters. The Labute approximate surface area is 274 Å². The molecule has 1 aliphatic rings. The molecular formula is C43H27N5. The highest BCUT2D eigenvalue weighted by Crippen LogP contribution is 2.52. The first-order valence-electron chi connectivity index (χ1n) is 16.6. The van der Waals surface area contributed by atoms with E-state index in [1.165, 1.54) is 54.9 Å². The minimum atomic E-state index is -0.0736. The Balaban J connectivity index is 1.29. The van der Waals surface area contributed by atoms with E-state index in [1.807, 2.05) is 0 Å². The van der Waals surface area contributed by atoms with E-state index in [2.05, 4.69) is 154 Å². The summed E-state index contributed by atoms with van der Waals surface area (Å²) in [6.45, 7) is 4.70. The summed E-state index contributed by atoms with van der Waals surface area (Å²) >= 11 is 0. The number of imidazole rings is 4. The fourth-order valence-electron chi connectivity index (χ4n) is 8.89. The van der Waals surface area contributed by atoms with Crippen molar-refractivity contribution in [3.63, 3.8) is 0 Å². The summed E-state index contributed by atoms with van der Waals surface area (Å²) in [4.78, 5) is 10.6. The first-order valence-corrected chi connectivity index (χ1v) is 16.6. The fourth-order valence-corrected chi connectivity index (χ4v) is 8.89. The number of aromatic nitrogens is 5. The first-order chi connectivity index (χ1) is 23.5. The van der Waals surface area contributed by atoms with Gasteiger partial charge in [0.2, 0.25) is 11.6 Å². The van der Waals surface area contributed by atoms with Crippen molar-refractivity contribution in [3.8, 4) is 22.3 Å². The third-order valence-electron chi connectivity index (χ3n) is 11.1. The molecule has 0 spiro atoms. The second-order valence-corrected chi connectivity index (χ2v) is 14.0. The van der Waals surface area contributed by atoms with Crippen molar-refractivity contribution in [1.82, 2.24) is 23.2 Å². The van der Waals surface area contributed by atoms with E-state index < -0.39 is 0 Å². The molecule has 5 heteroatoms. The molecule has 0 unspecified atom stereocenters. The van der Waals surface area contributed by atoms with Crippen LogP contribution in [-0.4, -0.2) is 23.2 Å². The van der Waals surface area contributed by atoms with Crippen LogP contribution in [0.15, 0.2) is 127 Å². The molecule has 1 aliphatic carbocycles. The number of hydrogen-bond acceptors (Lipinski definition) is 2. The van der Waals surface area contributed by atoms with Crippen LogP contribution >= 0.6 is 0 Å². The third-order valence-corrected chi connectivity index (χ3v) is 11.1. The van der Waals surface area contributed by atoms with E-state index in [4.69, 9.17) is 9.97 Å². The lowest BCUT2D eigenvalue weighted by Crippen LogP contribution is -2.14. The van der Waals surface area contributed by atoms with Gasteiger partial charge in [0, 0.05) is 5.41 Å². The molecule has 0 bridgehead atoms. The topological polar surface area (TPSA) is 39.0 Å². The van der Waals surface area contributed by atoms with Crippen molar-refractivity contribution in [2.45, 2.75) is 19.3 Å². The molecular weight excluding hydrogens is 587 g/mol. The quantitative estimate of drug-likeness (QED) is 0.185. The molecule has 0 N–H and O–H groups in total. The van der Waals surface area contributed by atoms with Crippen molar-refractivity contribution in [1.29, 1.82) is 0 Å². The lowest BCUT2D eigenvalue weighted by atomic mass is 9.82. The van der Waals surface area contributed by atoms with Crippen LogP contribution in [0.5, 0.6) is 0 Å². The zero-order valence-electron chi connectivity index (χ0n) is 26.4. The van der Waals surface area contributed by atoms with Gasteiger partial charge in [-0.05, 0) is 91.3 Å². The van der Waals surface area contributed by atoms with Gasteiger partial charge in [0.1, 0.15) is 5.52 Å². The van der Waals surface area contributed by atoms with Gasteiger partial charge in [-0.3, -0.25) is 8.80 Å². The molecule has 48 heavy (non-hydrogen) atoms. The highest BCUT2D eigenvalue weighted by atomic mass is 15.3. The van der Waals surface area contributed by atoms with E-state index in [0.717, 1.165) is 50.2 Å². The normalized spacial score (nSPS) is 14.2. The minimum Gasteiger partial charge on any atom is -0.276 e. The van der Waals surface area contributed by atoms with Crippen LogP contribution in [-0.2, 0) is 5.41 Å². The molecule has 0 radical (unpaired) electrons. The van der Waals surface area contributed by atoms with Gasteiger partial charge in [-0.25, -0.2) is 14.4 Å². The average Bonchev–Trinajstić information content (AvgIpc) is 3.88. The van der Waals surface area contributed by atoms with Gasteiger partial charge in [0.15, 0.2) is 0 Å². The summed E-state index contributed by atoms with van der Waals surface area (Å²) < 4.78 is 6.98. The molecule has 0 fully saturated rings. The zero-order valence-corrected chi connectivity index (χ0v) is 26.4. The lowest BCUT2D eigenvalue weighted by Gasteiger charge is -2.21. The molecule has 11 aromatic rings. The molecule has 0 amide bonds. The highest BCUT2D eigenvalue weighted by Gasteiger charge is 2.37. The van der Waals surface area contributed by atoms with Crippen molar-refractivity contribution in [3.05, 3.63) is 139 Å². The van der Waals surface area contributed by atoms with Crippen LogP contribution in [0, 0.1) is 0 Å². The van der Waals surface area contributed by atoms with Gasteiger partial charge >= 0.3 is 0 Å². The summed E-state index contributed by atoms with van der Waals surface area (Å²) in [6, 6.07) is 46.6. The predicted octanol–water partition coefficient (Wildman–Crippen LogP) is 10.4. The van der Waals surface area contributed by atoms with Gasteiger partial charge in [-0.2, -0.15) is 0 Å². The van der Waals surface area contributed by atoms with Gasteiger partial charge in [0.05, 0.1) is 33.1 Å². The second kappa shape index (κ2) is 8.20. The second-order valence-electron chi connectivity index (χ2n) is 14.0. The van der Waals surface area contributed by atoms with Gasteiger partial charge in [0.25, 0.3) is 0 Å². The summed E-state index contributed by atoms with van der Waals surface area (Å²) in [7, 11) is 0. The van der Waals surface area contributed by atoms with E-state index in [1.54, 1.807) is 0 Å². The number of fused-ring (bicyclic) bond motifs is 15. The Morgan fingerprint density at radius 2 is 0.958 bits per heavy atom. The van der Waals surface area contributed by atoms with Crippen molar-refractivity contribution < 1.29 is 0 Å². The van der Waals surface area contributed by atoms with E-state index >= 15 is 0 Å². The Morgan fingerprint density at radius 1 is 0.458 bits per heavy atom. The summed E-state index contributed by atoms with van der Waals surface area (Å²) in [5.74, 6) is 1.77. The SMILES string of the molecule is CC1(C)c2ccccc2-c2c(-c3cc4c5c(c3)n3c6cc7ccccc7cc6nc3n5c3nc5cc6ccccc6cc5n43)cccc21. The van der Waals surface area contributed by atoms with Crippen molar-refractivity contribution in [2.75, 3.05) is 0 Å². The highest BCUT2D eigenvalue weighted by molar-refractivity contribution is 6.09. The average molecular weight is 614 g/mol. The largest absolute Gasteiger partial charge is 0.276 e. The Morgan fingerprint density at radius 3 is 1.56 bits per heavy atom. The molecule has 7 aromatic carbocycles. The van der Waals surface area contributed by atoms with Crippen LogP contribution in [0.2, 0.25) is 0 Å². The fraction of sp³-hybridized carbons (Fsp3) is 0.0698. The lowest BCUT2D eigenvalue weighted by molar-refractivity contribution is 0.660. The first kappa shape index (κ1) is 25.0. The molecule has 0 aliphatic heterocycles. The molecule has 12 rings (SSSR count). The summed E-state index contributed by atoms with van der Waals surface area (Å²) in [5, 5.41) is 4.80. The van der Waals surface area contributed by atoms with Crippen molar-refractivity contribution >= 4 is 71.7 Å². The minimum absolute atomic E-state index is 0.0736. The number of benzene rings is 7. The van der Waals surface area contributed by atoms with Crippen LogP contribution in [0.4, 0.5) is 0 Å². The molecule has 5 nitrogen and oxygen atoms in total. The molecule has 0 saturated heterocycles. The van der Waals surface area contributed by atoms with Gasteiger partial charge < -0.3 is 0 Å². The number of hydrogen-bond donors (Lipinski definition) is 0. The maximum Gasteiger partial charge on any atom is 0.223 e. The molecule has 224 valence electrons. The Hall–Kier alpha value is -6.20. The summed E-state index contributed by atoms with van der Waals surface area (Å²) in [6.07, 6.45) is 0. The molecule has 4 aromatic heterocycles. The predicted molar refractivity (Wildman–Crippen MR) is 197 cm³/mol. The molecule has 4 heterocycles. The molecule has 0 saturated carbocycles. The van der Waals surface area contributed by atoms with Crippen LogP contribution in [0.25, 0.3) is 94.0 Å². The third kappa shape index (κ3) is 2.86. The van der Waals surface area contributed by atoms with E-state index in [-0.39, 0.29) is 5.41 Å². The number of nitrogens with zero attached hydrogens (tertiary/aromatic N) is 5. The van der Waals surface area contributed by atoms with E-state index in [0.29, 0.717) is 0 Å². The monoisotopic (exact) mass is 613 g/mol. The Bertz CT molecular complexity index is 3050. The van der Waals surface area contributed by atoms with Crippen LogP contribution < -0.4 is 0 Å². The van der Waals surface area contributed by atoms with Gasteiger partial charge in [-0.1, -0.05) is 105 Å². The maximum atomic E-state index is 5.31. The summed E-state index contributed by atoms with van der Waals surface area (Å²) in [5.41, 5.74) is 15.4. The van der Waals surface area contributed by atoms with Gasteiger partial charge in [-0.15, -0.1) is 0 Å². The van der Waals surface area contributed by atoms with E-state index in [9.17, 15) is 0 Å². The Kier molecular flexibility index (Phi) is 4.26. The van der Waals surface area contributed by atoms with Crippen molar-refractivity contribution in [2.24, 2.45) is 0 Å². The van der Waals surface area contributed by atoms with Crippen LogP contribution in [0.1, 0.15) is 25.0 Å². The zero-order chi connectivity index (χ0) is 31.5. The van der Waals surface area contributed by atoms with Crippen LogP contribution in [0.3, 0.4) is 0 Å². The standard InChI is InChI=1S/C43H27N5/c1-43(2)31-16-8-7-14-30(31)39-29(15-9-17-32(39)43)28-22-37-40-38(23-28)47-36-21-27-13-6-4-11-25(27)19-34(36)45-42(47)48(40)41-44-33-18-24-10-3-5-12-26(24)20-35(33)46(37)41/h3-23H,1-2H3. The smallest absolute Gasteiger partial charge is 0.223 e. The maximum absolute atomic E-state index is 5.31.